The van der Waals surface area contributed by atoms with Crippen LogP contribution in [0.3, 0.4) is 0 Å². The third kappa shape index (κ3) is 5.91. The van der Waals surface area contributed by atoms with Crippen LogP contribution in [0.15, 0.2) is 42.2 Å². The highest BCUT2D eigenvalue weighted by Crippen LogP contribution is 2.44. The van der Waals surface area contributed by atoms with Gasteiger partial charge in [-0.3, -0.25) is 0 Å². The van der Waals surface area contributed by atoms with E-state index in [2.05, 4.69) is 63.7 Å². The Morgan fingerprint density at radius 3 is 1.52 bits per heavy atom. The second-order valence-electron chi connectivity index (χ2n) is 5.50. The highest BCUT2D eigenvalue weighted by molar-refractivity contribution is 9.11. The van der Waals surface area contributed by atoms with Crippen molar-refractivity contribution in [2.45, 2.75) is 5.92 Å². The number of nitrogens with two attached hydrogens (primary N) is 1. The van der Waals surface area contributed by atoms with Gasteiger partial charge in [-0.15, -0.1) is 0 Å². The fourth-order valence-electron chi connectivity index (χ4n) is 2.64. The summed E-state index contributed by atoms with van der Waals surface area (Å²) in [5.74, 6) is 1.15. The third-order valence-corrected chi connectivity index (χ3v) is 5.80. The van der Waals surface area contributed by atoms with Gasteiger partial charge in [-0.1, -0.05) is 31.9 Å². The lowest BCUT2D eigenvalue weighted by Gasteiger charge is -2.24. The molecular weight excluding hydrogens is 614 g/mol. The largest absolute Gasteiger partial charge is 0.466 e. The predicted octanol–water partition coefficient (Wildman–Crippen LogP) is 5.79. The van der Waals surface area contributed by atoms with Crippen LogP contribution in [0.5, 0.6) is 11.5 Å². The zero-order valence-electron chi connectivity index (χ0n) is 14.7. The standard InChI is InChI=1S/C18H19Br4NO4/c1-24-8-26-17-12(3-10(19)5-15(17)21)14(7-23)13-4-11(20)6-16(22)18(13)27-9-25-2/h3-6,14H,7-9,23H2,1-2H3. The molecule has 0 aliphatic heterocycles. The molecule has 0 amide bonds. The molecule has 0 spiro atoms. The van der Waals surface area contributed by atoms with Crippen molar-refractivity contribution in [3.8, 4) is 11.5 Å². The summed E-state index contributed by atoms with van der Waals surface area (Å²) in [5.41, 5.74) is 8.01. The molecule has 0 atom stereocenters. The topological polar surface area (TPSA) is 62.9 Å². The molecule has 0 aliphatic carbocycles. The SMILES string of the molecule is COCOc1c(Br)cc(Br)cc1C(CN)c1cc(Br)cc(Br)c1OCOC. The lowest BCUT2D eigenvalue weighted by molar-refractivity contribution is 0.0488. The van der Waals surface area contributed by atoms with E-state index in [1.54, 1.807) is 14.2 Å². The first-order valence-electron chi connectivity index (χ1n) is 7.84. The number of rotatable bonds is 9. The van der Waals surface area contributed by atoms with Gasteiger partial charge in [0.05, 0.1) is 8.95 Å². The third-order valence-electron chi connectivity index (χ3n) is 3.70. The molecule has 148 valence electrons. The van der Waals surface area contributed by atoms with Crippen LogP contribution in [0.25, 0.3) is 0 Å². The van der Waals surface area contributed by atoms with Gasteiger partial charge in [-0.2, -0.15) is 0 Å². The van der Waals surface area contributed by atoms with E-state index in [1.807, 2.05) is 24.3 Å². The highest BCUT2D eigenvalue weighted by atomic mass is 79.9. The first kappa shape index (κ1) is 23.1. The van der Waals surface area contributed by atoms with Crippen molar-refractivity contribution in [2.75, 3.05) is 34.4 Å². The minimum Gasteiger partial charge on any atom is -0.466 e. The van der Waals surface area contributed by atoms with E-state index < -0.39 is 0 Å². The van der Waals surface area contributed by atoms with Crippen LogP contribution in [0.4, 0.5) is 0 Å². The van der Waals surface area contributed by atoms with Gasteiger partial charge in [0, 0.05) is 46.8 Å². The van der Waals surface area contributed by atoms with Crippen LogP contribution in [0.2, 0.25) is 0 Å². The maximum absolute atomic E-state index is 6.20. The smallest absolute Gasteiger partial charge is 0.188 e. The van der Waals surface area contributed by atoms with Crippen molar-refractivity contribution in [1.82, 2.24) is 0 Å². The Morgan fingerprint density at radius 2 is 1.19 bits per heavy atom. The van der Waals surface area contributed by atoms with Gasteiger partial charge < -0.3 is 24.7 Å². The Kier molecular flexibility index (Phi) is 9.54. The lowest BCUT2D eigenvalue weighted by atomic mass is 9.90. The van der Waals surface area contributed by atoms with Crippen LogP contribution < -0.4 is 15.2 Å². The normalized spacial score (nSPS) is 11.1. The molecule has 2 aromatic carbocycles. The van der Waals surface area contributed by atoms with Gasteiger partial charge in [0.15, 0.2) is 13.6 Å². The molecule has 0 unspecified atom stereocenters. The molecule has 9 heteroatoms. The average molecular weight is 633 g/mol. The molecule has 2 rings (SSSR count). The average Bonchev–Trinajstić information content (AvgIpc) is 2.60. The summed E-state index contributed by atoms with van der Waals surface area (Å²) < 4.78 is 25.2. The molecule has 0 aromatic heterocycles. The van der Waals surface area contributed by atoms with Gasteiger partial charge in [-0.05, 0) is 56.1 Å². The van der Waals surface area contributed by atoms with Crippen molar-refractivity contribution in [2.24, 2.45) is 5.73 Å². The molecular formula is C18H19Br4NO4. The fraction of sp³-hybridized carbons (Fsp3) is 0.333. The second-order valence-corrected chi connectivity index (χ2v) is 9.04. The first-order valence-corrected chi connectivity index (χ1v) is 11.0. The summed E-state index contributed by atoms with van der Waals surface area (Å²) in [6, 6.07) is 7.81. The summed E-state index contributed by atoms with van der Waals surface area (Å²) in [5, 5.41) is 0. The van der Waals surface area contributed by atoms with Gasteiger partial charge in [0.2, 0.25) is 0 Å². The first-order chi connectivity index (χ1) is 12.9. The van der Waals surface area contributed by atoms with E-state index >= 15 is 0 Å². The zero-order valence-corrected chi connectivity index (χ0v) is 21.1. The highest BCUT2D eigenvalue weighted by Gasteiger charge is 2.25. The van der Waals surface area contributed by atoms with Crippen molar-refractivity contribution >= 4 is 63.7 Å². The van der Waals surface area contributed by atoms with Crippen LogP contribution >= 0.6 is 63.7 Å². The van der Waals surface area contributed by atoms with Crippen molar-refractivity contribution in [1.29, 1.82) is 0 Å². The Morgan fingerprint density at radius 1 is 0.778 bits per heavy atom. The van der Waals surface area contributed by atoms with E-state index in [-0.39, 0.29) is 19.5 Å². The summed E-state index contributed by atoms with van der Waals surface area (Å²) in [4.78, 5) is 0. The summed E-state index contributed by atoms with van der Waals surface area (Å²) in [6.07, 6.45) is 0. The molecule has 5 nitrogen and oxygen atoms in total. The Labute approximate surface area is 192 Å². The molecule has 27 heavy (non-hydrogen) atoms. The van der Waals surface area contributed by atoms with Gasteiger partial charge in [0.25, 0.3) is 0 Å². The number of hydrogen-bond donors (Lipinski definition) is 1. The molecule has 0 aliphatic rings. The molecule has 2 N–H and O–H groups in total. The summed E-state index contributed by atoms with van der Waals surface area (Å²) >= 11 is 14.2. The minimum atomic E-state index is -0.189. The van der Waals surface area contributed by atoms with Crippen molar-refractivity contribution in [3.05, 3.63) is 53.3 Å². The lowest BCUT2D eigenvalue weighted by Crippen LogP contribution is -2.17. The molecule has 0 saturated heterocycles. The van der Waals surface area contributed by atoms with Crippen LogP contribution in [-0.2, 0) is 9.47 Å². The molecule has 0 saturated carbocycles. The molecule has 0 fully saturated rings. The Balaban J connectivity index is 2.63. The van der Waals surface area contributed by atoms with Crippen LogP contribution in [0, 0.1) is 0 Å². The summed E-state index contributed by atoms with van der Waals surface area (Å²) in [7, 11) is 3.16. The molecule has 0 heterocycles. The second kappa shape index (κ2) is 11.1. The van der Waals surface area contributed by atoms with Gasteiger partial charge >= 0.3 is 0 Å². The number of methoxy groups -OCH3 is 2. The van der Waals surface area contributed by atoms with Gasteiger partial charge in [-0.25, -0.2) is 0 Å². The number of ether oxygens (including phenoxy) is 4. The zero-order chi connectivity index (χ0) is 20.0. The maximum Gasteiger partial charge on any atom is 0.188 e. The molecule has 2 aromatic rings. The number of benzene rings is 2. The Bertz CT molecular complexity index is 725. The van der Waals surface area contributed by atoms with E-state index in [0.717, 1.165) is 29.0 Å². The predicted molar refractivity (Wildman–Crippen MR) is 120 cm³/mol. The van der Waals surface area contributed by atoms with E-state index in [0.29, 0.717) is 18.0 Å². The van der Waals surface area contributed by atoms with Gasteiger partial charge in [0.1, 0.15) is 11.5 Å². The maximum atomic E-state index is 6.20. The monoisotopic (exact) mass is 629 g/mol. The Hall–Kier alpha value is -0.160. The van der Waals surface area contributed by atoms with E-state index in [9.17, 15) is 0 Å². The van der Waals surface area contributed by atoms with Crippen LogP contribution in [-0.4, -0.2) is 34.4 Å². The van der Waals surface area contributed by atoms with E-state index in [4.69, 9.17) is 24.7 Å². The van der Waals surface area contributed by atoms with Crippen molar-refractivity contribution in [3.63, 3.8) is 0 Å². The quantitative estimate of drug-likeness (QED) is 0.355. The van der Waals surface area contributed by atoms with E-state index in [1.165, 1.54) is 0 Å². The number of halogens is 4. The molecule has 0 bridgehead atoms. The fourth-order valence-corrected chi connectivity index (χ4v) is 5.39. The molecule has 0 radical (unpaired) electrons. The minimum absolute atomic E-state index is 0.125. The number of hydrogen-bond acceptors (Lipinski definition) is 5. The summed E-state index contributed by atoms with van der Waals surface area (Å²) in [6.45, 7) is 0.595. The van der Waals surface area contributed by atoms with Crippen LogP contribution in [0.1, 0.15) is 17.0 Å². The van der Waals surface area contributed by atoms with Crippen molar-refractivity contribution < 1.29 is 18.9 Å².